The second-order valence-corrected chi connectivity index (χ2v) is 6.95. The second-order valence-electron chi connectivity index (χ2n) is 3.84. The highest BCUT2D eigenvalue weighted by molar-refractivity contribution is 7.91. The lowest BCUT2D eigenvalue weighted by Crippen LogP contribution is -2.11. The number of nitrogens with two attached hydrogens (primary N) is 1. The largest absolute Gasteiger partial charge is 0.399 e. The van der Waals surface area contributed by atoms with E-state index in [0.717, 1.165) is 10.9 Å². The molecule has 0 atom stereocenters. The first kappa shape index (κ1) is 13.0. The molecule has 0 spiro atoms. The molecule has 0 fully saturated rings. The Morgan fingerprint density at radius 3 is 2.67 bits per heavy atom. The third-order valence-electron chi connectivity index (χ3n) is 2.49. The van der Waals surface area contributed by atoms with E-state index < -0.39 is 15.7 Å². The van der Waals surface area contributed by atoms with Gasteiger partial charge < -0.3 is 5.73 Å². The molecule has 0 amide bonds. The lowest BCUT2D eigenvalue weighted by atomic mass is 10.3. The van der Waals surface area contributed by atoms with Crippen molar-refractivity contribution in [2.45, 2.75) is 11.3 Å². The molecule has 0 unspecified atom stereocenters. The number of thiophene rings is 1. The number of nitrogen functional groups attached to an aromatic ring is 1. The zero-order valence-electron chi connectivity index (χ0n) is 9.47. The van der Waals surface area contributed by atoms with Crippen LogP contribution in [0.15, 0.2) is 40.6 Å². The minimum atomic E-state index is -3.61. The number of hydrogen-bond donors (Lipinski definition) is 1. The van der Waals surface area contributed by atoms with Gasteiger partial charge in [0.25, 0.3) is 0 Å². The molecule has 0 aliphatic heterocycles. The summed E-state index contributed by atoms with van der Waals surface area (Å²) in [5, 5.41) is 1.88. The Kier molecular flexibility index (Phi) is 3.68. The van der Waals surface area contributed by atoms with Crippen molar-refractivity contribution in [2.75, 3.05) is 11.5 Å². The summed E-state index contributed by atoms with van der Waals surface area (Å²) >= 11 is 1.49. The highest BCUT2D eigenvalue weighted by Gasteiger charge is 2.19. The van der Waals surface area contributed by atoms with Gasteiger partial charge in [0, 0.05) is 10.6 Å². The summed E-state index contributed by atoms with van der Waals surface area (Å²) in [5.41, 5.74) is 5.60. The van der Waals surface area contributed by atoms with Crippen molar-refractivity contribution in [2.24, 2.45) is 0 Å². The number of aryl methyl sites for hydroxylation is 1. The monoisotopic (exact) mass is 285 g/mol. The van der Waals surface area contributed by atoms with E-state index in [1.54, 1.807) is 0 Å². The molecule has 18 heavy (non-hydrogen) atoms. The van der Waals surface area contributed by atoms with E-state index in [0.29, 0.717) is 6.42 Å². The number of sulfone groups is 1. The zero-order chi connectivity index (χ0) is 13.2. The van der Waals surface area contributed by atoms with E-state index in [1.807, 2.05) is 17.5 Å². The SMILES string of the molecule is Nc1ccc(S(=O)(=O)CCc2cccs2)c(F)c1. The first-order chi connectivity index (χ1) is 8.49. The summed E-state index contributed by atoms with van der Waals surface area (Å²) < 4.78 is 37.5. The van der Waals surface area contributed by atoms with Gasteiger partial charge in [0.2, 0.25) is 0 Å². The van der Waals surface area contributed by atoms with Crippen LogP contribution in [-0.2, 0) is 16.3 Å². The Bertz CT molecular complexity index is 636. The first-order valence-corrected chi connectivity index (χ1v) is 7.82. The van der Waals surface area contributed by atoms with Crippen molar-refractivity contribution in [3.05, 3.63) is 46.4 Å². The molecule has 1 aromatic heterocycles. The van der Waals surface area contributed by atoms with E-state index in [-0.39, 0.29) is 16.3 Å². The van der Waals surface area contributed by atoms with Crippen molar-refractivity contribution in [1.82, 2.24) is 0 Å². The van der Waals surface area contributed by atoms with Crippen LogP contribution in [0.1, 0.15) is 4.88 Å². The predicted octanol–water partition coefficient (Wildman–Crippen LogP) is 2.49. The average molecular weight is 285 g/mol. The van der Waals surface area contributed by atoms with Gasteiger partial charge >= 0.3 is 0 Å². The fraction of sp³-hybridized carbons (Fsp3) is 0.167. The van der Waals surface area contributed by atoms with Crippen LogP contribution in [0, 0.1) is 5.82 Å². The standard InChI is InChI=1S/C12H12FNO2S2/c13-11-8-9(14)3-4-12(11)18(15,16)7-5-10-2-1-6-17-10/h1-4,6,8H,5,7,14H2. The highest BCUT2D eigenvalue weighted by atomic mass is 32.2. The van der Waals surface area contributed by atoms with Crippen LogP contribution in [0.2, 0.25) is 0 Å². The number of benzene rings is 1. The molecule has 0 saturated heterocycles. The summed E-state index contributed by atoms with van der Waals surface area (Å²) in [6, 6.07) is 7.35. The quantitative estimate of drug-likeness (QED) is 0.878. The molecule has 0 aliphatic carbocycles. The molecule has 0 bridgehead atoms. The van der Waals surface area contributed by atoms with Gasteiger partial charge in [-0.25, -0.2) is 12.8 Å². The lowest BCUT2D eigenvalue weighted by Gasteiger charge is -2.05. The third kappa shape index (κ3) is 2.88. The summed E-state index contributed by atoms with van der Waals surface area (Å²) in [6.07, 6.45) is 0.393. The fourth-order valence-corrected chi connectivity index (χ4v) is 3.75. The summed E-state index contributed by atoms with van der Waals surface area (Å²) in [5.74, 6) is -0.893. The van der Waals surface area contributed by atoms with Crippen LogP contribution in [0.5, 0.6) is 0 Å². The minimum absolute atomic E-state index is 0.103. The Labute approximate surface area is 109 Å². The molecule has 1 aromatic carbocycles. The van der Waals surface area contributed by atoms with E-state index in [2.05, 4.69) is 0 Å². The van der Waals surface area contributed by atoms with Crippen LogP contribution in [-0.4, -0.2) is 14.2 Å². The van der Waals surface area contributed by atoms with Gasteiger partial charge in [-0.05, 0) is 36.1 Å². The molecule has 2 aromatic rings. The van der Waals surface area contributed by atoms with Crippen LogP contribution in [0.25, 0.3) is 0 Å². The predicted molar refractivity (Wildman–Crippen MR) is 70.9 cm³/mol. The number of halogens is 1. The van der Waals surface area contributed by atoms with Crippen molar-refractivity contribution in [1.29, 1.82) is 0 Å². The average Bonchev–Trinajstić information content (AvgIpc) is 2.78. The summed E-state index contributed by atoms with van der Waals surface area (Å²) in [4.78, 5) is 0.683. The molecule has 0 saturated carbocycles. The van der Waals surface area contributed by atoms with Crippen molar-refractivity contribution in [3.8, 4) is 0 Å². The molecular weight excluding hydrogens is 273 g/mol. The Balaban J connectivity index is 2.20. The molecule has 1 heterocycles. The molecule has 0 aliphatic rings. The molecule has 2 N–H and O–H groups in total. The van der Waals surface area contributed by atoms with Crippen molar-refractivity contribution >= 4 is 26.9 Å². The molecule has 6 heteroatoms. The Hall–Kier alpha value is -1.40. The van der Waals surface area contributed by atoms with E-state index in [1.165, 1.54) is 23.5 Å². The summed E-state index contributed by atoms with van der Waals surface area (Å²) in [7, 11) is -3.61. The number of rotatable bonds is 4. The van der Waals surface area contributed by atoms with Gasteiger partial charge in [-0.2, -0.15) is 0 Å². The lowest BCUT2D eigenvalue weighted by molar-refractivity contribution is 0.567. The maximum atomic E-state index is 13.6. The van der Waals surface area contributed by atoms with Gasteiger partial charge in [-0.15, -0.1) is 11.3 Å². The normalized spacial score (nSPS) is 11.6. The topological polar surface area (TPSA) is 60.2 Å². The number of anilines is 1. The highest BCUT2D eigenvalue weighted by Crippen LogP contribution is 2.20. The van der Waals surface area contributed by atoms with Crippen LogP contribution in [0.3, 0.4) is 0 Å². The second kappa shape index (κ2) is 5.07. The first-order valence-electron chi connectivity index (χ1n) is 5.29. The van der Waals surface area contributed by atoms with Crippen LogP contribution >= 0.6 is 11.3 Å². The summed E-state index contributed by atoms with van der Waals surface area (Å²) in [6.45, 7) is 0. The molecule has 3 nitrogen and oxygen atoms in total. The molecule has 2 rings (SSSR count). The van der Waals surface area contributed by atoms with E-state index in [9.17, 15) is 12.8 Å². The zero-order valence-corrected chi connectivity index (χ0v) is 11.1. The van der Waals surface area contributed by atoms with Gasteiger partial charge in [-0.3, -0.25) is 0 Å². The molecular formula is C12H12FNO2S2. The smallest absolute Gasteiger partial charge is 0.181 e. The van der Waals surface area contributed by atoms with Crippen molar-refractivity contribution < 1.29 is 12.8 Å². The van der Waals surface area contributed by atoms with E-state index >= 15 is 0 Å². The van der Waals surface area contributed by atoms with Crippen LogP contribution in [0.4, 0.5) is 10.1 Å². The van der Waals surface area contributed by atoms with E-state index in [4.69, 9.17) is 5.73 Å². The van der Waals surface area contributed by atoms with Gasteiger partial charge in [0.05, 0.1) is 5.75 Å². The molecule has 96 valence electrons. The van der Waals surface area contributed by atoms with Crippen LogP contribution < -0.4 is 5.73 Å². The third-order valence-corrected chi connectivity index (χ3v) is 5.17. The van der Waals surface area contributed by atoms with Crippen molar-refractivity contribution in [3.63, 3.8) is 0 Å². The minimum Gasteiger partial charge on any atom is -0.399 e. The maximum Gasteiger partial charge on any atom is 0.181 e. The Morgan fingerprint density at radius 2 is 2.06 bits per heavy atom. The maximum absolute atomic E-state index is 13.6. The Morgan fingerprint density at radius 1 is 1.28 bits per heavy atom. The van der Waals surface area contributed by atoms with Gasteiger partial charge in [0.1, 0.15) is 10.7 Å². The fourth-order valence-electron chi connectivity index (χ4n) is 1.57. The number of hydrogen-bond acceptors (Lipinski definition) is 4. The van der Waals surface area contributed by atoms with Gasteiger partial charge in [0.15, 0.2) is 9.84 Å². The van der Waals surface area contributed by atoms with Gasteiger partial charge in [-0.1, -0.05) is 6.07 Å². The molecule has 0 radical (unpaired) electrons.